The number of carbonyl (C=O) groups is 1. The van der Waals surface area contributed by atoms with Crippen molar-refractivity contribution in [2.45, 2.75) is 116 Å². The van der Waals surface area contributed by atoms with Gasteiger partial charge in [0.15, 0.2) is 6.10 Å². The van der Waals surface area contributed by atoms with Gasteiger partial charge in [-0.2, -0.15) is 0 Å². The molecule has 1 unspecified atom stereocenters. The molecule has 0 aromatic carbocycles. The van der Waals surface area contributed by atoms with Crippen LogP contribution in [0.4, 0.5) is 0 Å². The molecule has 0 aromatic heterocycles. The first-order chi connectivity index (χ1) is 13.1. The summed E-state index contributed by atoms with van der Waals surface area (Å²) >= 11 is 0. The maximum Gasteiger partial charge on any atom is 0.332 e. The number of carboxylic acid groups (broad SMARTS) is 1. The Hall–Kier alpha value is -0.610. The quantitative estimate of drug-likeness (QED) is 0.236. The van der Waals surface area contributed by atoms with Crippen molar-refractivity contribution >= 4 is 5.97 Å². The van der Waals surface area contributed by atoms with Crippen molar-refractivity contribution in [1.82, 2.24) is 4.90 Å². The molecule has 0 bridgehead atoms. The summed E-state index contributed by atoms with van der Waals surface area (Å²) in [4.78, 5) is 13.3. The summed E-state index contributed by atoms with van der Waals surface area (Å²) in [5.41, 5.74) is 0. The van der Waals surface area contributed by atoms with E-state index in [1.165, 1.54) is 77.0 Å². The zero-order valence-electron chi connectivity index (χ0n) is 18.5. The van der Waals surface area contributed by atoms with Gasteiger partial charge in [0, 0.05) is 6.61 Å². The molecule has 4 nitrogen and oxygen atoms in total. The lowest BCUT2D eigenvalue weighted by Crippen LogP contribution is -2.26. The summed E-state index contributed by atoms with van der Waals surface area (Å²) in [5.74, 6) is -0.820. The summed E-state index contributed by atoms with van der Waals surface area (Å²) < 4.78 is 5.57. The van der Waals surface area contributed by atoms with Crippen LogP contribution in [-0.4, -0.2) is 49.3 Å². The minimum Gasteiger partial charge on any atom is -0.479 e. The maximum absolute atomic E-state index is 11.2. The van der Waals surface area contributed by atoms with Gasteiger partial charge in [-0.15, -0.1) is 0 Å². The molecular formula is C23H47NO3. The maximum atomic E-state index is 11.2. The lowest BCUT2D eigenvalue weighted by Gasteiger charge is -2.15. The first-order valence-electron chi connectivity index (χ1n) is 11.6. The van der Waals surface area contributed by atoms with Crippen molar-refractivity contribution in [3.63, 3.8) is 0 Å². The molecule has 1 atom stereocenters. The van der Waals surface area contributed by atoms with Crippen molar-refractivity contribution in [3.8, 4) is 0 Å². The van der Waals surface area contributed by atoms with Gasteiger partial charge in [0.25, 0.3) is 0 Å². The van der Waals surface area contributed by atoms with Crippen LogP contribution >= 0.6 is 0 Å². The molecule has 1 N–H and O–H groups in total. The number of hydrogen-bond donors (Lipinski definition) is 1. The molecular weight excluding hydrogens is 338 g/mol. The average molecular weight is 386 g/mol. The number of ether oxygens (including phenoxy) is 1. The number of unbranched alkanes of at least 4 members (excludes halogenated alkanes) is 13. The Bertz CT molecular complexity index is 321. The molecule has 0 heterocycles. The largest absolute Gasteiger partial charge is 0.479 e. The van der Waals surface area contributed by atoms with Crippen LogP contribution < -0.4 is 0 Å². The highest BCUT2D eigenvalue weighted by molar-refractivity contribution is 5.72. The van der Waals surface area contributed by atoms with Crippen LogP contribution in [0.5, 0.6) is 0 Å². The van der Waals surface area contributed by atoms with Crippen LogP contribution in [0, 0.1) is 0 Å². The summed E-state index contributed by atoms with van der Waals surface area (Å²) in [5, 5.41) is 9.22. The average Bonchev–Trinajstić information content (AvgIpc) is 2.62. The fourth-order valence-corrected chi connectivity index (χ4v) is 3.39. The van der Waals surface area contributed by atoms with E-state index in [-0.39, 0.29) is 0 Å². The molecule has 0 fully saturated rings. The molecule has 0 spiro atoms. The van der Waals surface area contributed by atoms with Crippen molar-refractivity contribution in [2.24, 2.45) is 0 Å². The molecule has 27 heavy (non-hydrogen) atoms. The van der Waals surface area contributed by atoms with Gasteiger partial charge < -0.3 is 14.7 Å². The van der Waals surface area contributed by atoms with Crippen LogP contribution in [0.25, 0.3) is 0 Å². The predicted molar refractivity (Wildman–Crippen MR) is 115 cm³/mol. The van der Waals surface area contributed by atoms with E-state index in [9.17, 15) is 9.90 Å². The third-order valence-electron chi connectivity index (χ3n) is 5.16. The summed E-state index contributed by atoms with van der Waals surface area (Å²) in [6.45, 7) is 3.76. The summed E-state index contributed by atoms with van der Waals surface area (Å²) in [6, 6.07) is 0. The number of nitrogens with zero attached hydrogens (tertiary/aromatic N) is 1. The number of rotatable bonds is 21. The van der Waals surface area contributed by atoms with Gasteiger partial charge in [0.05, 0.1) is 0 Å². The lowest BCUT2D eigenvalue weighted by atomic mass is 10.0. The Balaban J connectivity index is 3.34. The Morgan fingerprint density at radius 2 is 1.22 bits per heavy atom. The summed E-state index contributed by atoms with van der Waals surface area (Å²) in [6.07, 6.45) is 19.5. The van der Waals surface area contributed by atoms with E-state index >= 15 is 0 Å². The molecule has 0 radical (unpaired) electrons. The predicted octanol–water partition coefficient (Wildman–Crippen LogP) is 6.28. The summed E-state index contributed by atoms with van der Waals surface area (Å²) in [7, 11) is 4.01. The molecule has 0 saturated heterocycles. The minimum atomic E-state index is -0.820. The van der Waals surface area contributed by atoms with E-state index < -0.39 is 12.1 Å². The number of hydrogen-bond acceptors (Lipinski definition) is 3. The standard InChI is InChI=1S/C23H47NO3/c1-4-5-6-7-8-9-10-11-12-13-14-15-16-17-21-27-22(23(25)26)19-18-20-24(2)3/h22H,4-21H2,1-3H3,(H,25,26). The Labute approximate surface area is 169 Å². The van der Waals surface area contributed by atoms with Gasteiger partial charge in [-0.3, -0.25) is 0 Å². The molecule has 0 aromatic rings. The second-order valence-electron chi connectivity index (χ2n) is 8.24. The topological polar surface area (TPSA) is 49.8 Å². The van der Waals surface area contributed by atoms with Crippen LogP contribution in [0.15, 0.2) is 0 Å². The third kappa shape index (κ3) is 19.9. The van der Waals surface area contributed by atoms with Gasteiger partial charge in [0.2, 0.25) is 0 Å². The van der Waals surface area contributed by atoms with Crippen molar-refractivity contribution in [3.05, 3.63) is 0 Å². The number of carboxylic acids is 1. The zero-order valence-corrected chi connectivity index (χ0v) is 18.5. The normalized spacial score (nSPS) is 12.6. The second-order valence-corrected chi connectivity index (χ2v) is 8.24. The fourth-order valence-electron chi connectivity index (χ4n) is 3.39. The minimum absolute atomic E-state index is 0.580. The molecule has 0 aliphatic carbocycles. The Morgan fingerprint density at radius 1 is 0.778 bits per heavy atom. The van der Waals surface area contributed by atoms with Gasteiger partial charge >= 0.3 is 5.97 Å². The molecule has 0 aliphatic heterocycles. The van der Waals surface area contributed by atoms with Crippen LogP contribution in [-0.2, 0) is 9.53 Å². The molecule has 0 saturated carbocycles. The van der Waals surface area contributed by atoms with Crippen molar-refractivity contribution < 1.29 is 14.6 Å². The molecule has 0 aliphatic rings. The highest BCUT2D eigenvalue weighted by Crippen LogP contribution is 2.13. The first kappa shape index (κ1) is 26.4. The molecule has 0 amide bonds. The number of aliphatic carboxylic acids is 1. The van der Waals surface area contributed by atoms with Crippen LogP contribution in [0.2, 0.25) is 0 Å². The smallest absolute Gasteiger partial charge is 0.332 e. The third-order valence-corrected chi connectivity index (χ3v) is 5.16. The van der Waals surface area contributed by atoms with E-state index in [4.69, 9.17) is 4.74 Å². The van der Waals surface area contributed by atoms with Crippen LogP contribution in [0.3, 0.4) is 0 Å². The van der Waals surface area contributed by atoms with Crippen LogP contribution in [0.1, 0.15) is 110 Å². The van der Waals surface area contributed by atoms with E-state index in [0.29, 0.717) is 13.0 Å². The highest BCUT2D eigenvalue weighted by atomic mass is 16.5. The van der Waals surface area contributed by atoms with Crippen molar-refractivity contribution in [2.75, 3.05) is 27.2 Å². The SMILES string of the molecule is CCCCCCCCCCCCCCCCOC(CCCN(C)C)C(=O)O. The Morgan fingerprint density at radius 3 is 1.63 bits per heavy atom. The van der Waals surface area contributed by atoms with Gasteiger partial charge in [-0.1, -0.05) is 90.4 Å². The first-order valence-corrected chi connectivity index (χ1v) is 11.6. The van der Waals surface area contributed by atoms with Gasteiger partial charge in [-0.05, 0) is 39.9 Å². The monoisotopic (exact) mass is 385 g/mol. The second kappa shape index (κ2) is 20.1. The zero-order chi connectivity index (χ0) is 20.2. The van der Waals surface area contributed by atoms with E-state index in [2.05, 4.69) is 11.8 Å². The van der Waals surface area contributed by atoms with Gasteiger partial charge in [-0.25, -0.2) is 4.79 Å². The van der Waals surface area contributed by atoms with E-state index in [1.54, 1.807) is 0 Å². The molecule has 162 valence electrons. The molecule has 0 rings (SSSR count). The van der Waals surface area contributed by atoms with E-state index in [1.807, 2.05) is 14.1 Å². The molecule has 4 heteroatoms. The lowest BCUT2D eigenvalue weighted by molar-refractivity contribution is -0.151. The fraction of sp³-hybridized carbons (Fsp3) is 0.957. The van der Waals surface area contributed by atoms with E-state index in [0.717, 1.165) is 25.8 Å². The van der Waals surface area contributed by atoms with Gasteiger partial charge in [0.1, 0.15) is 0 Å². The Kier molecular flexibility index (Phi) is 19.7. The van der Waals surface area contributed by atoms with Crippen molar-refractivity contribution in [1.29, 1.82) is 0 Å². The highest BCUT2D eigenvalue weighted by Gasteiger charge is 2.17.